The molecule has 0 aromatic carbocycles. The predicted octanol–water partition coefficient (Wildman–Crippen LogP) is 0.239. The predicted molar refractivity (Wildman–Crippen MR) is 35.3 cm³/mol. The molecule has 0 aromatic heterocycles. The minimum absolute atomic E-state index is 0.231. The smallest absolute Gasteiger partial charge is 0.306 e. The van der Waals surface area contributed by atoms with Gasteiger partial charge in [0.15, 0.2) is 0 Å². The Balaban J connectivity index is 2.43. The van der Waals surface area contributed by atoms with Crippen molar-refractivity contribution in [3.63, 3.8) is 0 Å². The van der Waals surface area contributed by atoms with Gasteiger partial charge in [0.1, 0.15) is 12.2 Å². The Bertz CT molecular complexity index is 153. The molecule has 0 saturated carbocycles. The van der Waals surface area contributed by atoms with Crippen LogP contribution < -0.4 is 0 Å². The molecule has 0 radical (unpaired) electrons. The molecule has 1 aliphatic heterocycles. The number of cyclic esters (lactones) is 1. The maximum absolute atomic E-state index is 10.5. The summed E-state index contributed by atoms with van der Waals surface area (Å²) in [7, 11) is 0. The van der Waals surface area contributed by atoms with Crippen LogP contribution in [0.3, 0.4) is 0 Å². The van der Waals surface area contributed by atoms with Crippen molar-refractivity contribution < 1.29 is 14.6 Å². The Morgan fingerprint density at radius 2 is 2.60 bits per heavy atom. The van der Waals surface area contributed by atoms with Crippen molar-refractivity contribution in [1.82, 2.24) is 0 Å². The molecule has 0 aromatic rings. The first-order valence-corrected chi connectivity index (χ1v) is 3.24. The lowest BCUT2D eigenvalue weighted by Gasteiger charge is -2.11. The lowest BCUT2D eigenvalue weighted by molar-refractivity contribution is -0.144. The van der Waals surface area contributed by atoms with Gasteiger partial charge in [-0.15, -0.1) is 6.58 Å². The average Bonchev–Trinajstić information content (AvgIpc) is 2.34. The van der Waals surface area contributed by atoms with Crippen LogP contribution in [0, 0.1) is 0 Å². The molecule has 1 N–H and O–H groups in total. The molecule has 3 heteroatoms. The molecule has 0 aliphatic carbocycles. The van der Waals surface area contributed by atoms with E-state index in [2.05, 4.69) is 6.58 Å². The fraction of sp³-hybridized carbons (Fsp3) is 0.571. The van der Waals surface area contributed by atoms with Crippen LogP contribution in [0.4, 0.5) is 0 Å². The van der Waals surface area contributed by atoms with E-state index in [1.54, 1.807) is 0 Å². The number of esters is 1. The molecule has 1 rings (SSSR count). The van der Waals surface area contributed by atoms with Gasteiger partial charge in [-0.25, -0.2) is 0 Å². The fourth-order valence-electron chi connectivity index (χ4n) is 0.939. The highest BCUT2D eigenvalue weighted by Crippen LogP contribution is 2.17. The van der Waals surface area contributed by atoms with Gasteiger partial charge in [-0.05, 0) is 6.42 Å². The third-order valence-corrected chi connectivity index (χ3v) is 1.54. The molecule has 1 fully saturated rings. The third kappa shape index (κ3) is 1.36. The number of ether oxygens (including phenoxy) is 1. The van der Waals surface area contributed by atoms with Gasteiger partial charge in [0, 0.05) is 6.42 Å². The lowest BCUT2D eigenvalue weighted by Crippen LogP contribution is -2.22. The summed E-state index contributed by atoms with van der Waals surface area (Å²) in [6.07, 6.45) is 1.33. The van der Waals surface area contributed by atoms with Gasteiger partial charge in [-0.2, -0.15) is 0 Å². The molecule has 10 heavy (non-hydrogen) atoms. The molecule has 2 atom stereocenters. The first-order chi connectivity index (χ1) is 4.74. The first-order valence-electron chi connectivity index (χ1n) is 3.24. The minimum Gasteiger partial charge on any atom is -0.459 e. The van der Waals surface area contributed by atoms with E-state index in [1.165, 1.54) is 6.08 Å². The van der Waals surface area contributed by atoms with Gasteiger partial charge in [0.25, 0.3) is 0 Å². The summed E-state index contributed by atoms with van der Waals surface area (Å²) in [5, 5.41) is 9.08. The number of aliphatic hydroxyl groups excluding tert-OH is 1. The van der Waals surface area contributed by atoms with E-state index in [0.717, 1.165) is 0 Å². The zero-order valence-electron chi connectivity index (χ0n) is 5.62. The molecule has 1 heterocycles. The second-order valence-corrected chi connectivity index (χ2v) is 2.29. The second-order valence-electron chi connectivity index (χ2n) is 2.29. The van der Waals surface area contributed by atoms with Gasteiger partial charge >= 0.3 is 5.97 Å². The summed E-state index contributed by atoms with van der Waals surface area (Å²) >= 11 is 0. The summed E-state index contributed by atoms with van der Waals surface area (Å²) < 4.78 is 4.75. The SMILES string of the molecule is C=CC(O)C1CCC(=O)O1. The van der Waals surface area contributed by atoms with E-state index >= 15 is 0 Å². The lowest BCUT2D eigenvalue weighted by atomic mass is 10.1. The summed E-state index contributed by atoms with van der Waals surface area (Å²) in [6.45, 7) is 3.39. The maximum atomic E-state index is 10.5. The Hall–Kier alpha value is -0.830. The highest BCUT2D eigenvalue weighted by molar-refractivity contribution is 5.71. The Kier molecular flexibility index (Phi) is 2.06. The number of rotatable bonds is 2. The summed E-state index contributed by atoms with van der Waals surface area (Å²) in [5.74, 6) is -0.231. The average molecular weight is 142 g/mol. The Morgan fingerprint density at radius 3 is 3.00 bits per heavy atom. The van der Waals surface area contributed by atoms with Crippen LogP contribution in [-0.2, 0) is 9.53 Å². The van der Waals surface area contributed by atoms with Gasteiger partial charge in [0.2, 0.25) is 0 Å². The van der Waals surface area contributed by atoms with Gasteiger partial charge in [0.05, 0.1) is 0 Å². The molecule has 56 valence electrons. The normalized spacial score (nSPS) is 27.7. The van der Waals surface area contributed by atoms with E-state index in [-0.39, 0.29) is 12.1 Å². The monoisotopic (exact) mass is 142 g/mol. The summed E-state index contributed by atoms with van der Waals surface area (Å²) in [6, 6.07) is 0. The minimum atomic E-state index is -0.702. The number of hydrogen-bond acceptors (Lipinski definition) is 3. The van der Waals surface area contributed by atoms with Gasteiger partial charge in [-0.3, -0.25) is 4.79 Å². The van der Waals surface area contributed by atoms with Crippen LogP contribution in [-0.4, -0.2) is 23.3 Å². The van der Waals surface area contributed by atoms with E-state index in [1.807, 2.05) is 0 Å². The maximum Gasteiger partial charge on any atom is 0.306 e. The van der Waals surface area contributed by atoms with Crippen LogP contribution >= 0.6 is 0 Å². The van der Waals surface area contributed by atoms with E-state index in [4.69, 9.17) is 9.84 Å². The molecule has 3 nitrogen and oxygen atoms in total. The topological polar surface area (TPSA) is 46.5 Å². The van der Waals surface area contributed by atoms with Crippen molar-refractivity contribution in [2.75, 3.05) is 0 Å². The van der Waals surface area contributed by atoms with Gasteiger partial charge in [-0.1, -0.05) is 6.08 Å². The second kappa shape index (κ2) is 2.84. The van der Waals surface area contributed by atoms with Crippen LogP contribution in [0.5, 0.6) is 0 Å². The highest BCUT2D eigenvalue weighted by atomic mass is 16.6. The Morgan fingerprint density at radius 1 is 1.90 bits per heavy atom. The molecular weight excluding hydrogens is 132 g/mol. The first kappa shape index (κ1) is 7.28. The van der Waals surface area contributed by atoms with Crippen molar-refractivity contribution in [2.45, 2.75) is 25.0 Å². The fourth-order valence-corrected chi connectivity index (χ4v) is 0.939. The van der Waals surface area contributed by atoms with E-state index < -0.39 is 6.10 Å². The number of hydrogen-bond donors (Lipinski definition) is 1. The van der Waals surface area contributed by atoms with Crippen molar-refractivity contribution in [2.24, 2.45) is 0 Å². The molecule has 1 aliphatic rings. The summed E-state index contributed by atoms with van der Waals surface area (Å²) in [5.41, 5.74) is 0. The van der Waals surface area contributed by atoms with Crippen molar-refractivity contribution >= 4 is 5.97 Å². The Labute approximate surface area is 59.3 Å². The third-order valence-electron chi connectivity index (χ3n) is 1.54. The van der Waals surface area contributed by atoms with E-state index in [0.29, 0.717) is 12.8 Å². The number of carbonyl (C=O) groups is 1. The highest BCUT2D eigenvalue weighted by Gasteiger charge is 2.27. The summed E-state index contributed by atoms with van der Waals surface area (Å²) in [4.78, 5) is 10.5. The zero-order valence-corrected chi connectivity index (χ0v) is 5.62. The molecule has 0 bridgehead atoms. The molecule has 0 spiro atoms. The van der Waals surface area contributed by atoms with Crippen LogP contribution in [0.2, 0.25) is 0 Å². The van der Waals surface area contributed by atoms with Crippen molar-refractivity contribution in [1.29, 1.82) is 0 Å². The van der Waals surface area contributed by atoms with Crippen molar-refractivity contribution in [3.8, 4) is 0 Å². The zero-order chi connectivity index (χ0) is 7.56. The number of carbonyl (C=O) groups excluding carboxylic acids is 1. The van der Waals surface area contributed by atoms with Gasteiger partial charge < -0.3 is 9.84 Å². The van der Waals surface area contributed by atoms with Crippen LogP contribution in [0.15, 0.2) is 12.7 Å². The standard InChI is InChI=1S/C7H10O3/c1-2-5(8)6-3-4-7(9)10-6/h2,5-6,8H,1,3-4H2. The molecular formula is C7H10O3. The molecule has 1 saturated heterocycles. The largest absolute Gasteiger partial charge is 0.459 e. The molecule has 2 unspecified atom stereocenters. The van der Waals surface area contributed by atoms with Crippen LogP contribution in [0.25, 0.3) is 0 Å². The van der Waals surface area contributed by atoms with Crippen LogP contribution in [0.1, 0.15) is 12.8 Å². The molecule has 0 amide bonds. The quantitative estimate of drug-likeness (QED) is 0.443. The van der Waals surface area contributed by atoms with Crippen molar-refractivity contribution in [3.05, 3.63) is 12.7 Å². The van der Waals surface area contributed by atoms with E-state index in [9.17, 15) is 4.79 Å². The number of aliphatic hydroxyl groups is 1.